The Morgan fingerprint density at radius 2 is 2.05 bits per heavy atom. The first kappa shape index (κ1) is 15.3. The Bertz CT molecular complexity index is 403. The van der Waals surface area contributed by atoms with Crippen LogP contribution in [0.1, 0.15) is 40.5 Å². The molecule has 0 radical (unpaired) electrons. The number of rotatable bonds is 6. The maximum atomic E-state index is 11.9. The van der Waals surface area contributed by atoms with Crippen molar-refractivity contribution in [1.82, 2.24) is 10.3 Å². The smallest absolute Gasteiger partial charge is 0.319 e. The van der Waals surface area contributed by atoms with Crippen LogP contribution in [0.3, 0.4) is 0 Å². The predicted molar refractivity (Wildman–Crippen MR) is 76.5 cm³/mol. The fourth-order valence-electron chi connectivity index (χ4n) is 1.64. The van der Waals surface area contributed by atoms with Crippen LogP contribution in [0.4, 0.5) is 10.5 Å². The molecule has 0 aromatic carbocycles. The number of aromatic nitrogens is 1. The summed E-state index contributed by atoms with van der Waals surface area (Å²) in [6.07, 6.45) is 3.47. The number of nitrogens with one attached hydrogen (secondary N) is 2. The molecule has 2 amide bonds. The lowest BCUT2D eigenvalue weighted by Gasteiger charge is -2.17. The Kier molecular flexibility index (Phi) is 6.12. The molecule has 1 heterocycles. The number of urea groups is 1. The van der Waals surface area contributed by atoms with E-state index in [9.17, 15) is 4.79 Å². The highest BCUT2D eigenvalue weighted by molar-refractivity contribution is 5.90. The van der Waals surface area contributed by atoms with Gasteiger partial charge in [0, 0.05) is 12.2 Å². The first-order valence-corrected chi connectivity index (χ1v) is 6.76. The zero-order valence-electron chi connectivity index (χ0n) is 12.1. The molecule has 5 heteroatoms. The van der Waals surface area contributed by atoms with Crippen LogP contribution in [-0.2, 0) is 0 Å². The third kappa shape index (κ3) is 5.16. The average Bonchev–Trinajstić information content (AvgIpc) is 2.37. The lowest BCUT2D eigenvalue weighted by atomic mass is 10.2. The van der Waals surface area contributed by atoms with Crippen LogP contribution in [0.5, 0.6) is 5.88 Å². The molecule has 0 aliphatic rings. The van der Waals surface area contributed by atoms with Gasteiger partial charge < -0.3 is 15.4 Å². The summed E-state index contributed by atoms with van der Waals surface area (Å²) in [5.41, 5.74) is 0.583. The zero-order chi connectivity index (χ0) is 14.3. The summed E-state index contributed by atoms with van der Waals surface area (Å²) in [5.74, 6) is 0.442. The standard InChI is InChI=1S/C14H23N3O2/c1-5-11(6-2)16-14(18)17-12-8-7-9-15-13(12)19-10(3)4/h7-11H,5-6H2,1-4H3,(H2,16,17,18). The molecule has 0 saturated carbocycles. The van der Waals surface area contributed by atoms with Gasteiger partial charge in [0.1, 0.15) is 5.69 Å². The van der Waals surface area contributed by atoms with Crippen molar-refractivity contribution in [3.8, 4) is 5.88 Å². The fraction of sp³-hybridized carbons (Fsp3) is 0.571. The second kappa shape index (κ2) is 7.61. The molecule has 0 bridgehead atoms. The minimum Gasteiger partial charge on any atom is -0.473 e. The molecule has 0 aliphatic heterocycles. The predicted octanol–water partition coefficient (Wildman–Crippen LogP) is 3.18. The monoisotopic (exact) mass is 265 g/mol. The zero-order valence-corrected chi connectivity index (χ0v) is 12.1. The molecule has 0 spiro atoms. The summed E-state index contributed by atoms with van der Waals surface area (Å²) in [5, 5.41) is 5.69. The van der Waals surface area contributed by atoms with E-state index in [0.29, 0.717) is 11.6 Å². The summed E-state index contributed by atoms with van der Waals surface area (Å²) in [6, 6.07) is 3.50. The molecule has 2 N–H and O–H groups in total. The third-order valence-corrected chi connectivity index (χ3v) is 2.69. The van der Waals surface area contributed by atoms with Crippen LogP contribution < -0.4 is 15.4 Å². The number of carbonyl (C=O) groups excluding carboxylic acids is 1. The van der Waals surface area contributed by atoms with E-state index in [4.69, 9.17) is 4.74 Å². The first-order chi connectivity index (χ1) is 9.06. The van der Waals surface area contributed by atoms with Crippen molar-refractivity contribution in [3.63, 3.8) is 0 Å². The van der Waals surface area contributed by atoms with Gasteiger partial charge in [-0.15, -0.1) is 0 Å². The Morgan fingerprint density at radius 1 is 1.37 bits per heavy atom. The van der Waals surface area contributed by atoms with Crippen LogP contribution in [0, 0.1) is 0 Å². The lowest BCUT2D eigenvalue weighted by Crippen LogP contribution is -2.37. The van der Waals surface area contributed by atoms with E-state index < -0.39 is 0 Å². The maximum absolute atomic E-state index is 11.9. The average molecular weight is 265 g/mol. The number of hydrogen-bond acceptors (Lipinski definition) is 3. The Labute approximate surface area is 114 Å². The molecule has 1 rings (SSSR count). The van der Waals surface area contributed by atoms with E-state index in [1.807, 2.05) is 27.7 Å². The first-order valence-electron chi connectivity index (χ1n) is 6.76. The lowest BCUT2D eigenvalue weighted by molar-refractivity contribution is 0.232. The van der Waals surface area contributed by atoms with Gasteiger partial charge in [-0.2, -0.15) is 0 Å². The molecule has 0 unspecified atom stereocenters. The van der Waals surface area contributed by atoms with Crippen LogP contribution in [0.25, 0.3) is 0 Å². The Morgan fingerprint density at radius 3 is 2.63 bits per heavy atom. The largest absolute Gasteiger partial charge is 0.473 e. The second-order valence-electron chi connectivity index (χ2n) is 4.63. The van der Waals surface area contributed by atoms with Gasteiger partial charge in [0.05, 0.1) is 6.10 Å². The van der Waals surface area contributed by atoms with E-state index in [1.165, 1.54) is 0 Å². The van der Waals surface area contributed by atoms with Gasteiger partial charge in [-0.1, -0.05) is 13.8 Å². The van der Waals surface area contributed by atoms with Crippen molar-refractivity contribution in [3.05, 3.63) is 18.3 Å². The van der Waals surface area contributed by atoms with Gasteiger partial charge in [0.25, 0.3) is 0 Å². The summed E-state index contributed by atoms with van der Waals surface area (Å²) in [7, 11) is 0. The van der Waals surface area contributed by atoms with Crippen LogP contribution >= 0.6 is 0 Å². The van der Waals surface area contributed by atoms with E-state index in [0.717, 1.165) is 12.8 Å². The molecule has 0 fully saturated rings. The molecule has 19 heavy (non-hydrogen) atoms. The molecule has 1 aromatic rings. The summed E-state index contributed by atoms with van der Waals surface area (Å²) in [4.78, 5) is 16.0. The number of carbonyl (C=O) groups is 1. The topological polar surface area (TPSA) is 63.2 Å². The van der Waals surface area contributed by atoms with Gasteiger partial charge >= 0.3 is 6.03 Å². The molecule has 0 atom stereocenters. The minimum atomic E-state index is -0.227. The highest BCUT2D eigenvalue weighted by Gasteiger charge is 2.12. The van der Waals surface area contributed by atoms with E-state index in [1.54, 1.807) is 18.3 Å². The minimum absolute atomic E-state index is 0.0116. The summed E-state index contributed by atoms with van der Waals surface area (Å²) >= 11 is 0. The molecule has 1 aromatic heterocycles. The van der Waals surface area contributed by atoms with Crippen molar-refractivity contribution in [2.24, 2.45) is 0 Å². The molecule has 106 valence electrons. The van der Waals surface area contributed by atoms with Crippen molar-refractivity contribution >= 4 is 11.7 Å². The van der Waals surface area contributed by atoms with Crippen LogP contribution in [0.15, 0.2) is 18.3 Å². The quantitative estimate of drug-likeness (QED) is 0.830. The number of amides is 2. The third-order valence-electron chi connectivity index (χ3n) is 2.69. The normalized spacial score (nSPS) is 10.6. The van der Waals surface area contributed by atoms with Crippen molar-refractivity contribution < 1.29 is 9.53 Å². The molecular formula is C14H23N3O2. The van der Waals surface area contributed by atoms with E-state index in [-0.39, 0.29) is 18.2 Å². The van der Waals surface area contributed by atoms with Crippen molar-refractivity contribution in [1.29, 1.82) is 0 Å². The number of ether oxygens (including phenoxy) is 1. The van der Waals surface area contributed by atoms with Crippen LogP contribution in [0.2, 0.25) is 0 Å². The van der Waals surface area contributed by atoms with Crippen molar-refractivity contribution in [2.45, 2.75) is 52.7 Å². The van der Waals surface area contributed by atoms with E-state index in [2.05, 4.69) is 15.6 Å². The molecule has 0 saturated heterocycles. The fourth-order valence-corrected chi connectivity index (χ4v) is 1.64. The van der Waals surface area contributed by atoms with Crippen molar-refractivity contribution in [2.75, 3.05) is 5.32 Å². The van der Waals surface area contributed by atoms with Gasteiger partial charge in [0.2, 0.25) is 5.88 Å². The van der Waals surface area contributed by atoms with Crippen LogP contribution in [-0.4, -0.2) is 23.2 Å². The Hall–Kier alpha value is -1.78. The SMILES string of the molecule is CCC(CC)NC(=O)Nc1cccnc1OC(C)C. The molecule has 0 aliphatic carbocycles. The number of nitrogens with zero attached hydrogens (tertiary/aromatic N) is 1. The Balaban J connectivity index is 2.68. The van der Waals surface area contributed by atoms with Gasteiger partial charge in [-0.05, 0) is 38.8 Å². The molecular weight excluding hydrogens is 242 g/mol. The number of pyridine rings is 1. The highest BCUT2D eigenvalue weighted by atomic mass is 16.5. The number of hydrogen-bond donors (Lipinski definition) is 2. The number of anilines is 1. The summed E-state index contributed by atoms with van der Waals surface area (Å²) < 4.78 is 5.55. The van der Waals surface area contributed by atoms with Gasteiger partial charge in [0.15, 0.2) is 0 Å². The van der Waals surface area contributed by atoms with E-state index >= 15 is 0 Å². The molecule has 5 nitrogen and oxygen atoms in total. The second-order valence-corrected chi connectivity index (χ2v) is 4.63. The van der Waals surface area contributed by atoms with Gasteiger partial charge in [-0.25, -0.2) is 9.78 Å². The highest BCUT2D eigenvalue weighted by Crippen LogP contribution is 2.21. The summed E-state index contributed by atoms with van der Waals surface area (Å²) in [6.45, 7) is 7.93. The van der Waals surface area contributed by atoms with Gasteiger partial charge in [-0.3, -0.25) is 0 Å². The maximum Gasteiger partial charge on any atom is 0.319 e.